The zero-order valence-electron chi connectivity index (χ0n) is 14.6. The molecule has 0 spiro atoms. The molecule has 0 heterocycles. The van der Waals surface area contributed by atoms with Gasteiger partial charge in [-0.3, -0.25) is 4.79 Å². The number of unbranched alkanes of at least 4 members (excludes halogenated alkanes) is 2. The van der Waals surface area contributed by atoms with Crippen molar-refractivity contribution >= 4 is 33.2 Å². The number of carbonyl (C=O) groups is 1. The Hall–Kier alpha value is -1.11. The molecule has 1 rings (SSSR count). The van der Waals surface area contributed by atoms with Gasteiger partial charge in [0.25, 0.3) is 0 Å². The molecule has 1 aromatic carbocycles. The van der Waals surface area contributed by atoms with Crippen LogP contribution in [-0.4, -0.2) is 37.1 Å². The summed E-state index contributed by atoms with van der Waals surface area (Å²) < 4.78 is 27.2. The molecule has 5 nitrogen and oxygen atoms in total. The molecule has 1 N–H and O–H groups in total. The van der Waals surface area contributed by atoms with E-state index in [0.717, 1.165) is 25.7 Å². The minimum atomic E-state index is -3.51. The number of benzene rings is 1. The highest BCUT2D eigenvalue weighted by Crippen LogP contribution is 2.20. The lowest BCUT2D eigenvalue weighted by Gasteiger charge is -2.22. The van der Waals surface area contributed by atoms with Gasteiger partial charge in [0.1, 0.15) is 5.38 Å². The van der Waals surface area contributed by atoms with Crippen molar-refractivity contribution in [2.75, 3.05) is 18.4 Å². The van der Waals surface area contributed by atoms with E-state index in [2.05, 4.69) is 5.32 Å². The summed E-state index contributed by atoms with van der Waals surface area (Å²) >= 11 is 5.71. The van der Waals surface area contributed by atoms with Gasteiger partial charge in [-0.1, -0.05) is 26.7 Å². The molecule has 0 saturated carbocycles. The lowest BCUT2D eigenvalue weighted by atomic mass is 10.3. The van der Waals surface area contributed by atoms with Crippen molar-refractivity contribution in [1.29, 1.82) is 0 Å². The average Bonchev–Trinajstić information content (AvgIpc) is 2.55. The van der Waals surface area contributed by atoms with Crippen LogP contribution in [0, 0.1) is 0 Å². The fraction of sp³-hybridized carbons (Fsp3) is 0.588. The molecule has 7 heteroatoms. The van der Waals surface area contributed by atoms with E-state index in [1.807, 2.05) is 13.8 Å². The number of sulfonamides is 1. The number of carbonyl (C=O) groups excluding carboxylic acids is 1. The molecule has 0 fully saturated rings. The number of rotatable bonds is 10. The third-order valence-electron chi connectivity index (χ3n) is 3.64. The quantitative estimate of drug-likeness (QED) is 0.632. The third kappa shape index (κ3) is 6.07. The topological polar surface area (TPSA) is 66.5 Å². The maximum Gasteiger partial charge on any atom is 0.243 e. The lowest BCUT2D eigenvalue weighted by molar-refractivity contribution is -0.115. The molecule has 1 unspecified atom stereocenters. The van der Waals surface area contributed by atoms with Crippen LogP contribution < -0.4 is 5.32 Å². The fourth-order valence-electron chi connectivity index (χ4n) is 2.12. The maximum atomic E-state index is 12.8. The molecule has 0 bridgehead atoms. The van der Waals surface area contributed by atoms with E-state index >= 15 is 0 Å². The normalized spacial score (nSPS) is 13.0. The Bertz CT molecular complexity index is 607. The van der Waals surface area contributed by atoms with Crippen molar-refractivity contribution in [3.05, 3.63) is 24.3 Å². The van der Waals surface area contributed by atoms with Gasteiger partial charge in [0.15, 0.2) is 0 Å². The molecule has 0 radical (unpaired) electrons. The maximum absolute atomic E-state index is 12.8. The van der Waals surface area contributed by atoms with Crippen LogP contribution in [0.25, 0.3) is 0 Å². The van der Waals surface area contributed by atoms with E-state index in [1.54, 1.807) is 23.4 Å². The van der Waals surface area contributed by atoms with Gasteiger partial charge in [-0.05, 0) is 44.0 Å². The second-order valence-corrected chi connectivity index (χ2v) is 8.33. The minimum absolute atomic E-state index is 0.242. The number of hydrogen-bond donors (Lipinski definition) is 1. The fourth-order valence-corrected chi connectivity index (χ4v) is 3.69. The Morgan fingerprint density at radius 2 is 1.62 bits per heavy atom. The second-order valence-electron chi connectivity index (χ2n) is 5.74. The predicted molar refractivity (Wildman–Crippen MR) is 99.0 cm³/mol. The van der Waals surface area contributed by atoms with Crippen LogP contribution in [-0.2, 0) is 14.8 Å². The molecule has 0 aromatic heterocycles. The van der Waals surface area contributed by atoms with Gasteiger partial charge in [0.05, 0.1) is 4.90 Å². The number of nitrogens with one attached hydrogen (secondary N) is 1. The Labute approximate surface area is 150 Å². The van der Waals surface area contributed by atoms with Gasteiger partial charge in [-0.2, -0.15) is 4.31 Å². The molecule has 136 valence electrons. The van der Waals surface area contributed by atoms with E-state index in [9.17, 15) is 13.2 Å². The van der Waals surface area contributed by atoms with Crippen molar-refractivity contribution in [2.45, 2.75) is 56.7 Å². The van der Waals surface area contributed by atoms with Crippen LogP contribution in [0.1, 0.15) is 46.5 Å². The number of halogens is 1. The Morgan fingerprint density at radius 1 is 1.12 bits per heavy atom. The Balaban J connectivity index is 2.92. The summed E-state index contributed by atoms with van der Waals surface area (Å²) in [4.78, 5) is 11.8. The van der Waals surface area contributed by atoms with Crippen molar-refractivity contribution in [1.82, 2.24) is 4.31 Å². The van der Waals surface area contributed by atoms with Crippen molar-refractivity contribution < 1.29 is 13.2 Å². The SMILES string of the molecule is CCCCN(CCCC)S(=O)(=O)c1ccc(NC(=O)C(C)Cl)cc1. The molecule has 0 saturated heterocycles. The summed E-state index contributed by atoms with van der Waals surface area (Å²) in [5, 5.41) is 1.99. The predicted octanol–water partition coefficient (Wildman–Crippen LogP) is 3.84. The summed E-state index contributed by atoms with van der Waals surface area (Å²) in [6.07, 6.45) is 3.56. The van der Waals surface area contributed by atoms with Crippen LogP contribution in [0.3, 0.4) is 0 Å². The van der Waals surface area contributed by atoms with Gasteiger partial charge in [0, 0.05) is 18.8 Å². The first-order valence-electron chi connectivity index (χ1n) is 8.38. The largest absolute Gasteiger partial charge is 0.325 e. The highest BCUT2D eigenvalue weighted by molar-refractivity contribution is 7.89. The summed E-state index contributed by atoms with van der Waals surface area (Å²) in [5.74, 6) is -0.320. The zero-order valence-corrected chi connectivity index (χ0v) is 16.2. The summed E-state index contributed by atoms with van der Waals surface area (Å²) in [5.41, 5.74) is 0.528. The molecule has 0 aliphatic carbocycles. The van der Waals surface area contributed by atoms with Crippen molar-refractivity contribution in [2.24, 2.45) is 0 Å². The molecule has 0 aliphatic heterocycles. The molecule has 24 heavy (non-hydrogen) atoms. The molecule has 1 aromatic rings. The first kappa shape index (κ1) is 20.9. The third-order valence-corrected chi connectivity index (χ3v) is 5.75. The monoisotopic (exact) mass is 374 g/mol. The number of alkyl halides is 1. The molecule has 1 atom stereocenters. The summed E-state index contributed by atoms with van der Waals surface area (Å²) in [6, 6.07) is 6.22. The lowest BCUT2D eigenvalue weighted by Crippen LogP contribution is -2.33. The van der Waals surface area contributed by atoms with E-state index in [4.69, 9.17) is 11.6 Å². The van der Waals surface area contributed by atoms with Gasteiger partial charge in [-0.15, -0.1) is 11.6 Å². The van der Waals surface area contributed by atoms with Crippen molar-refractivity contribution in [3.63, 3.8) is 0 Å². The summed E-state index contributed by atoms with van der Waals surface area (Å²) in [6.45, 7) is 6.72. The smallest absolute Gasteiger partial charge is 0.243 e. The number of hydrogen-bond acceptors (Lipinski definition) is 3. The van der Waals surface area contributed by atoms with Crippen LogP contribution in [0.2, 0.25) is 0 Å². The molecular weight excluding hydrogens is 348 g/mol. The van der Waals surface area contributed by atoms with Crippen LogP contribution in [0.15, 0.2) is 29.2 Å². The Morgan fingerprint density at radius 3 is 2.04 bits per heavy atom. The number of nitrogens with zero attached hydrogens (tertiary/aromatic N) is 1. The highest BCUT2D eigenvalue weighted by Gasteiger charge is 2.23. The molecule has 0 aliphatic rings. The highest BCUT2D eigenvalue weighted by atomic mass is 35.5. The van der Waals surface area contributed by atoms with Gasteiger partial charge >= 0.3 is 0 Å². The van der Waals surface area contributed by atoms with Crippen LogP contribution in [0.5, 0.6) is 0 Å². The summed E-state index contributed by atoms with van der Waals surface area (Å²) in [7, 11) is -3.51. The van der Waals surface area contributed by atoms with Crippen LogP contribution >= 0.6 is 11.6 Å². The Kier molecular flexibility index (Phi) is 8.73. The minimum Gasteiger partial charge on any atom is -0.325 e. The number of anilines is 1. The zero-order chi connectivity index (χ0) is 18.2. The first-order valence-corrected chi connectivity index (χ1v) is 10.3. The average molecular weight is 375 g/mol. The van der Waals surface area contributed by atoms with Gasteiger partial charge in [-0.25, -0.2) is 8.42 Å². The van der Waals surface area contributed by atoms with Gasteiger partial charge in [0.2, 0.25) is 15.9 Å². The molecular formula is C17H27ClN2O3S. The second kappa shape index (κ2) is 10.0. The van der Waals surface area contributed by atoms with E-state index in [0.29, 0.717) is 18.8 Å². The van der Waals surface area contributed by atoms with E-state index < -0.39 is 15.4 Å². The van der Waals surface area contributed by atoms with Crippen LogP contribution in [0.4, 0.5) is 5.69 Å². The van der Waals surface area contributed by atoms with E-state index in [1.165, 1.54) is 12.1 Å². The van der Waals surface area contributed by atoms with Crippen molar-refractivity contribution in [3.8, 4) is 0 Å². The standard InChI is InChI=1S/C17H27ClN2O3S/c1-4-6-12-20(13-7-5-2)24(22,23)16-10-8-15(9-11-16)19-17(21)14(3)18/h8-11,14H,4-7,12-13H2,1-3H3,(H,19,21). The van der Waals surface area contributed by atoms with Gasteiger partial charge < -0.3 is 5.32 Å². The van der Waals surface area contributed by atoms with E-state index in [-0.39, 0.29) is 10.8 Å². The number of amides is 1. The first-order chi connectivity index (χ1) is 11.3. The molecule has 1 amide bonds.